The van der Waals surface area contributed by atoms with Crippen LogP contribution in [-0.4, -0.2) is 24.3 Å². The molecule has 0 fully saturated rings. The van der Waals surface area contributed by atoms with Crippen LogP contribution in [0.3, 0.4) is 0 Å². The predicted octanol–water partition coefficient (Wildman–Crippen LogP) is 4.30. The van der Waals surface area contributed by atoms with E-state index >= 15 is 0 Å². The van der Waals surface area contributed by atoms with E-state index in [2.05, 4.69) is 30.8 Å². The van der Waals surface area contributed by atoms with Gasteiger partial charge in [-0.05, 0) is 49.7 Å². The van der Waals surface area contributed by atoms with Crippen LogP contribution in [0.15, 0.2) is 24.3 Å². The molecule has 6 nitrogen and oxygen atoms in total. The van der Waals surface area contributed by atoms with Gasteiger partial charge in [-0.2, -0.15) is 0 Å². The molecule has 0 amide bonds. The molecule has 0 heterocycles. The number of hydrogen-bond acceptors (Lipinski definition) is 5. The van der Waals surface area contributed by atoms with Crippen LogP contribution in [0.25, 0.3) is 0 Å². The first-order valence-corrected chi connectivity index (χ1v) is 8.93. The van der Waals surface area contributed by atoms with E-state index in [1.54, 1.807) is 0 Å². The topological polar surface area (TPSA) is 78.7 Å². The van der Waals surface area contributed by atoms with Crippen LogP contribution in [0.1, 0.15) is 63.5 Å². The molecule has 0 saturated carbocycles. The molecule has 0 spiro atoms. The van der Waals surface area contributed by atoms with Gasteiger partial charge in [0, 0.05) is 0 Å². The van der Waals surface area contributed by atoms with Crippen LogP contribution in [0.5, 0.6) is 0 Å². The fourth-order valence-corrected chi connectivity index (χ4v) is 2.54. The Balaban J connectivity index is 2.22. The second kappa shape index (κ2) is 11.4. The number of unbranched alkanes of at least 4 members (excludes halogenated alkanes) is 3. The van der Waals surface area contributed by atoms with E-state index in [9.17, 15) is 14.9 Å². The Morgan fingerprint density at radius 3 is 2.20 bits per heavy atom. The van der Waals surface area contributed by atoms with Gasteiger partial charge in [-0.25, -0.2) is 0 Å². The van der Waals surface area contributed by atoms with Crippen molar-refractivity contribution in [2.75, 3.05) is 13.2 Å². The van der Waals surface area contributed by atoms with Gasteiger partial charge in [0.15, 0.2) is 0 Å². The first-order valence-electron chi connectivity index (χ1n) is 8.93. The van der Waals surface area contributed by atoms with E-state index < -0.39 is 5.09 Å². The number of carbonyl (C=O) groups is 1. The van der Waals surface area contributed by atoms with Gasteiger partial charge < -0.3 is 9.57 Å². The lowest BCUT2D eigenvalue weighted by Gasteiger charge is -2.13. The monoisotopic (exact) mass is 351 g/mol. The maximum absolute atomic E-state index is 12.1. The van der Waals surface area contributed by atoms with Gasteiger partial charge in [-0.3, -0.25) is 4.79 Å². The van der Waals surface area contributed by atoms with Gasteiger partial charge in [-0.1, -0.05) is 44.5 Å². The fraction of sp³-hybridized carbons (Fsp3) is 0.632. The molecule has 1 rings (SSSR count). The summed E-state index contributed by atoms with van der Waals surface area (Å²) in [6, 6.07) is 8.15. The van der Waals surface area contributed by atoms with Crippen LogP contribution in [0.2, 0.25) is 0 Å². The van der Waals surface area contributed by atoms with Crippen molar-refractivity contribution in [2.24, 2.45) is 5.92 Å². The Hall–Kier alpha value is -2.11. The van der Waals surface area contributed by atoms with Gasteiger partial charge in [0.2, 0.25) is 0 Å². The van der Waals surface area contributed by atoms with Gasteiger partial charge in [0.25, 0.3) is 5.09 Å². The van der Waals surface area contributed by atoms with E-state index in [1.165, 1.54) is 5.56 Å². The lowest BCUT2D eigenvalue weighted by Crippen LogP contribution is -2.14. The molecule has 0 saturated heterocycles. The first kappa shape index (κ1) is 20.9. The maximum atomic E-state index is 12.1. The van der Waals surface area contributed by atoms with Crippen LogP contribution in [0, 0.1) is 16.0 Å². The minimum absolute atomic E-state index is 0.122. The van der Waals surface area contributed by atoms with Crippen molar-refractivity contribution in [2.45, 2.75) is 58.8 Å². The number of carbonyl (C=O) groups excluding carboxylic acids is 1. The lowest BCUT2D eigenvalue weighted by molar-refractivity contribution is -0.757. The van der Waals surface area contributed by atoms with E-state index in [1.807, 2.05) is 19.1 Å². The third-order valence-corrected chi connectivity index (χ3v) is 3.96. The molecule has 0 N–H and O–H groups in total. The van der Waals surface area contributed by atoms with Gasteiger partial charge in [0.05, 0.1) is 19.1 Å². The number of benzene rings is 1. The highest BCUT2D eigenvalue weighted by Crippen LogP contribution is 2.19. The summed E-state index contributed by atoms with van der Waals surface area (Å²) in [4.78, 5) is 26.3. The van der Waals surface area contributed by atoms with E-state index in [4.69, 9.17) is 4.74 Å². The smallest absolute Gasteiger partial charge is 0.313 e. The first-order chi connectivity index (χ1) is 11.9. The summed E-state index contributed by atoms with van der Waals surface area (Å²) in [6.07, 6.45) is 4.09. The molecule has 25 heavy (non-hydrogen) atoms. The van der Waals surface area contributed by atoms with Crippen molar-refractivity contribution in [3.63, 3.8) is 0 Å². The second-order valence-electron chi connectivity index (χ2n) is 6.70. The number of nitrogens with zero attached hydrogens (tertiary/aromatic N) is 1. The third kappa shape index (κ3) is 9.08. The lowest BCUT2D eigenvalue weighted by atomic mass is 9.97. The SMILES string of the molecule is CC(C)Cc1ccc(C(C)C(=O)OCCCCCCO[N+](=O)[O-])cc1. The predicted molar refractivity (Wildman–Crippen MR) is 95.8 cm³/mol. The normalized spacial score (nSPS) is 12.0. The quantitative estimate of drug-likeness (QED) is 0.243. The standard InChI is InChI=1S/C19H29NO5/c1-15(2)14-17-8-10-18(11-9-17)16(3)19(21)24-12-6-4-5-7-13-25-20(22)23/h8-11,15-16H,4-7,12-14H2,1-3H3. The molecule has 0 aliphatic heterocycles. The molecule has 0 aromatic heterocycles. The summed E-state index contributed by atoms with van der Waals surface area (Å²) < 4.78 is 5.32. The Labute approximate surface area is 149 Å². The average molecular weight is 351 g/mol. The molecule has 6 heteroatoms. The summed E-state index contributed by atoms with van der Waals surface area (Å²) >= 11 is 0. The van der Waals surface area contributed by atoms with E-state index in [-0.39, 0.29) is 18.5 Å². The zero-order chi connectivity index (χ0) is 18.7. The zero-order valence-corrected chi connectivity index (χ0v) is 15.4. The van der Waals surface area contributed by atoms with Crippen LogP contribution >= 0.6 is 0 Å². The van der Waals surface area contributed by atoms with Crippen molar-refractivity contribution in [1.82, 2.24) is 0 Å². The number of hydrogen-bond donors (Lipinski definition) is 0. The second-order valence-corrected chi connectivity index (χ2v) is 6.70. The molecule has 1 atom stereocenters. The maximum Gasteiger partial charge on any atom is 0.313 e. The fourth-order valence-electron chi connectivity index (χ4n) is 2.54. The van der Waals surface area contributed by atoms with Crippen molar-refractivity contribution < 1.29 is 19.5 Å². The Bertz CT molecular complexity index is 527. The Morgan fingerprint density at radius 1 is 1.04 bits per heavy atom. The summed E-state index contributed by atoms with van der Waals surface area (Å²) in [5.74, 6) is 0.120. The van der Waals surface area contributed by atoms with Crippen molar-refractivity contribution >= 4 is 5.97 Å². The molecule has 1 unspecified atom stereocenters. The van der Waals surface area contributed by atoms with Crippen molar-refractivity contribution in [3.05, 3.63) is 45.5 Å². The third-order valence-electron chi connectivity index (χ3n) is 3.96. The van der Waals surface area contributed by atoms with Crippen LogP contribution in [-0.2, 0) is 20.8 Å². The molecule has 1 aromatic rings. The molecule has 0 radical (unpaired) electrons. The Morgan fingerprint density at radius 2 is 1.64 bits per heavy atom. The largest absolute Gasteiger partial charge is 0.465 e. The molecule has 0 aliphatic rings. The minimum Gasteiger partial charge on any atom is -0.465 e. The summed E-state index contributed by atoms with van der Waals surface area (Å²) in [7, 11) is 0. The van der Waals surface area contributed by atoms with Gasteiger partial charge >= 0.3 is 5.97 Å². The van der Waals surface area contributed by atoms with Crippen molar-refractivity contribution in [1.29, 1.82) is 0 Å². The highest BCUT2D eigenvalue weighted by atomic mass is 16.9. The van der Waals surface area contributed by atoms with Crippen molar-refractivity contribution in [3.8, 4) is 0 Å². The summed E-state index contributed by atoms with van der Waals surface area (Å²) in [5.41, 5.74) is 2.25. The summed E-state index contributed by atoms with van der Waals surface area (Å²) in [6.45, 7) is 6.72. The molecule has 1 aromatic carbocycles. The number of rotatable bonds is 12. The van der Waals surface area contributed by atoms with E-state index in [0.717, 1.165) is 31.2 Å². The summed E-state index contributed by atoms with van der Waals surface area (Å²) in [5, 5.41) is 9.20. The van der Waals surface area contributed by atoms with Gasteiger partial charge in [-0.15, -0.1) is 10.1 Å². The molecule has 0 aliphatic carbocycles. The number of esters is 1. The van der Waals surface area contributed by atoms with Gasteiger partial charge in [0.1, 0.15) is 0 Å². The van der Waals surface area contributed by atoms with Crippen LogP contribution in [0.4, 0.5) is 0 Å². The molecule has 140 valence electrons. The highest BCUT2D eigenvalue weighted by Gasteiger charge is 2.16. The molecule has 0 bridgehead atoms. The molecular formula is C19H29NO5. The minimum atomic E-state index is -0.779. The highest BCUT2D eigenvalue weighted by molar-refractivity contribution is 5.77. The average Bonchev–Trinajstić information content (AvgIpc) is 2.56. The number of ether oxygens (including phenoxy) is 1. The zero-order valence-electron chi connectivity index (χ0n) is 15.4. The molecular weight excluding hydrogens is 322 g/mol. The van der Waals surface area contributed by atoms with E-state index in [0.29, 0.717) is 18.9 Å². The Kier molecular flexibility index (Phi) is 9.58. The van der Waals surface area contributed by atoms with Crippen LogP contribution < -0.4 is 0 Å².